The van der Waals surface area contributed by atoms with Crippen LogP contribution < -0.4 is 10.6 Å². The zero-order chi connectivity index (χ0) is 33.1. The second-order valence-electron chi connectivity index (χ2n) is 12.7. The van der Waals surface area contributed by atoms with Gasteiger partial charge in [-0.2, -0.15) is 5.10 Å². The highest BCUT2D eigenvalue weighted by Crippen LogP contribution is 2.37. The van der Waals surface area contributed by atoms with Gasteiger partial charge in [-0.05, 0) is 67.3 Å². The summed E-state index contributed by atoms with van der Waals surface area (Å²) in [7, 11) is 1.56. The minimum absolute atomic E-state index is 0.101. The minimum Gasteiger partial charge on any atom is -0.361 e. The maximum Gasteiger partial charge on any atom is 0.274 e. The summed E-state index contributed by atoms with van der Waals surface area (Å²) in [4.78, 5) is 60.9. The SMILES string of the molecule is CNC(=O)[C@H](CCCc1ccccc1)NC(=O)C1CN(C(=O)Cc2c[nH]c3cc(Cl)ccc23)CC2CN(C(=O)c3cc(C)[nH]n3)CC21. The van der Waals surface area contributed by atoms with Crippen LogP contribution in [0.25, 0.3) is 10.9 Å². The van der Waals surface area contributed by atoms with Gasteiger partial charge in [0, 0.05) is 61.0 Å². The maximum atomic E-state index is 14.1. The maximum absolute atomic E-state index is 14.1. The molecule has 4 N–H and O–H groups in total. The van der Waals surface area contributed by atoms with Crippen molar-refractivity contribution in [2.24, 2.45) is 17.8 Å². The van der Waals surface area contributed by atoms with Crippen molar-refractivity contribution >= 4 is 46.1 Å². The molecule has 2 fully saturated rings. The van der Waals surface area contributed by atoms with Crippen LogP contribution in [-0.4, -0.2) is 87.9 Å². The Kier molecular flexibility index (Phi) is 9.63. The number of aryl methyl sites for hydroxylation is 2. The number of hydrogen-bond acceptors (Lipinski definition) is 5. The van der Waals surface area contributed by atoms with E-state index in [2.05, 4.69) is 25.8 Å². The number of halogens is 1. The summed E-state index contributed by atoms with van der Waals surface area (Å²) in [6, 6.07) is 16.5. The summed E-state index contributed by atoms with van der Waals surface area (Å²) < 4.78 is 0. The first kappa shape index (κ1) is 32.3. The number of likely N-dealkylation sites (tertiary alicyclic amines) is 2. The summed E-state index contributed by atoms with van der Waals surface area (Å²) in [5.41, 5.74) is 3.97. The molecule has 0 spiro atoms. The first-order chi connectivity index (χ1) is 22.7. The standard InChI is InChI=1S/C35H40ClN7O4/c1-21-13-31(41-40-21)35(47)43-18-24-17-42(32(44)14-23-16-38-30-15-25(36)11-12-26(23)30)20-28(27(24)19-43)33(45)39-29(34(46)37-2)10-6-9-22-7-4-3-5-8-22/h3-5,7-8,11-13,15-16,24,27-29,38H,6,9-10,14,17-20H2,1-2H3,(H,37,46)(H,39,45)(H,40,41)/t24?,27?,28?,29-/m0/s1. The van der Waals surface area contributed by atoms with E-state index in [1.807, 2.05) is 55.6 Å². The van der Waals surface area contributed by atoms with E-state index in [0.717, 1.165) is 28.6 Å². The molecule has 4 aromatic rings. The number of H-pyrrole nitrogens is 2. The van der Waals surface area contributed by atoms with Crippen LogP contribution in [0.3, 0.4) is 0 Å². The fourth-order valence-electron chi connectivity index (χ4n) is 7.07. The fourth-order valence-corrected chi connectivity index (χ4v) is 7.24. The van der Waals surface area contributed by atoms with E-state index in [9.17, 15) is 19.2 Å². The van der Waals surface area contributed by atoms with Gasteiger partial charge in [-0.3, -0.25) is 24.3 Å². The highest BCUT2D eigenvalue weighted by molar-refractivity contribution is 6.31. The van der Waals surface area contributed by atoms with E-state index in [1.165, 1.54) is 5.56 Å². The summed E-state index contributed by atoms with van der Waals surface area (Å²) in [5, 5.41) is 14.2. The molecule has 0 bridgehead atoms. The van der Waals surface area contributed by atoms with Gasteiger partial charge in [0.05, 0.1) is 12.3 Å². The molecular weight excluding hydrogens is 618 g/mol. The minimum atomic E-state index is -0.718. The number of carbonyl (C=O) groups excluding carboxylic acids is 4. The lowest BCUT2D eigenvalue weighted by molar-refractivity contribution is -0.140. The molecule has 2 aliphatic rings. The molecule has 2 aromatic carbocycles. The molecule has 4 heterocycles. The number of benzene rings is 2. The first-order valence-corrected chi connectivity index (χ1v) is 16.5. The van der Waals surface area contributed by atoms with E-state index >= 15 is 0 Å². The quantitative estimate of drug-likeness (QED) is 0.207. The molecule has 0 aliphatic carbocycles. The number of likely N-dealkylation sites (N-methyl/N-ethyl adjacent to an activating group) is 1. The number of hydrogen-bond donors (Lipinski definition) is 4. The molecule has 6 rings (SSSR count). The van der Waals surface area contributed by atoms with Gasteiger partial charge >= 0.3 is 0 Å². The van der Waals surface area contributed by atoms with Crippen LogP contribution >= 0.6 is 11.6 Å². The number of fused-ring (bicyclic) bond motifs is 2. The van der Waals surface area contributed by atoms with Crippen LogP contribution in [-0.2, 0) is 27.2 Å². The molecule has 11 nitrogen and oxygen atoms in total. The van der Waals surface area contributed by atoms with E-state index in [1.54, 1.807) is 29.0 Å². The lowest BCUT2D eigenvalue weighted by Gasteiger charge is -2.40. The molecule has 4 amide bonds. The van der Waals surface area contributed by atoms with Crippen molar-refractivity contribution in [1.29, 1.82) is 0 Å². The van der Waals surface area contributed by atoms with Crippen molar-refractivity contribution in [3.05, 3.63) is 88.3 Å². The Morgan fingerprint density at radius 1 is 1.02 bits per heavy atom. The van der Waals surface area contributed by atoms with Crippen molar-refractivity contribution in [3.63, 3.8) is 0 Å². The molecule has 3 unspecified atom stereocenters. The highest BCUT2D eigenvalue weighted by atomic mass is 35.5. The number of piperidine rings is 1. The van der Waals surface area contributed by atoms with E-state index in [0.29, 0.717) is 43.2 Å². The number of aromatic nitrogens is 3. The van der Waals surface area contributed by atoms with Crippen molar-refractivity contribution < 1.29 is 19.2 Å². The normalized spacial score (nSPS) is 19.8. The molecule has 0 radical (unpaired) electrons. The molecular formula is C35H40ClN7O4. The van der Waals surface area contributed by atoms with Gasteiger partial charge in [0.15, 0.2) is 0 Å². The Hall–Kier alpha value is -4.64. The van der Waals surface area contributed by atoms with Crippen molar-refractivity contribution in [2.45, 2.75) is 38.6 Å². The zero-order valence-corrected chi connectivity index (χ0v) is 27.3. The Bertz CT molecular complexity index is 1770. The number of nitrogens with zero attached hydrogens (tertiary/aromatic N) is 3. The fraction of sp³-hybridized carbons (Fsp3) is 0.400. The van der Waals surface area contributed by atoms with Crippen molar-refractivity contribution in [1.82, 2.24) is 35.6 Å². The summed E-state index contributed by atoms with van der Waals surface area (Å²) in [6.45, 7) is 3.25. The second-order valence-corrected chi connectivity index (χ2v) is 13.1. The third-order valence-electron chi connectivity index (χ3n) is 9.53. The summed E-state index contributed by atoms with van der Waals surface area (Å²) in [6.07, 6.45) is 3.94. The molecule has 0 saturated carbocycles. The molecule has 4 atom stereocenters. The summed E-state index contributed by atoms with van der Waals surface area (Å²) in [5.74, 6) is -1.73. The predicted octanol–water partition coefficient (Wildman–Crippen LogP) is 3.50. The van der Waals surface area contributed by atoms with Gasteiger partial charge in [0.25, 0.3) is 5.91 Å². The van der Waals surface area contributed by atoms with Gasteiger partial charge in [-0.1, -0.05) is 48.0 Å². The van der Waals surface area contributed by atoms with Crippen LogP contribution in [0.1, 0.15) is 40.2 Å². The Labute approximate surface area is 278 Å². The number of aromatic amines is 2. The van der Waals surface area contributed by atoms with Crippen LogP contribution in [0, 0.1) is 24.7 Å². The molecule has 2 aliphatic heterocycles. The van der Waals surface area contributed by atoms with Gasteiger partial charge < -0.3 is 25.4 Å². The van der Waals surface area contributed by atoms with E-state index in [-0.39, 0.29) is 48.4 Å². The van der Waals surface area contributed by atoms with E-state index in [4.69, 9.17) is 11.6 Å². The zero-order valence-electron chi connectivity index (χ0n) is 26.6. The molecule has 2 aromatic heterocycles. The Morgan fingerprint density at radius 3 is 2.55 bits per heavy atom. The number of nitrogens with one attached hydrogen (secondary N) is 4. The second kappa shape index (κ2) is 14.0. The lowest BCUT2D eigenvalue weighted by atomic mass is 9.79. The largest absolute Gasteiger partial charge is 0.361 e. The third-order valence-corrected chi connectivity index (χ3v) is 9.77. The topological polar surface area (TPSA) is 143 Å². The molecule has 47 heavy (non-hydrogen) atoms. The van der Waals surface area contributed by atoms with Crippen molar-refractivity contribution in [2.75, 3.05) is 33.2 Å². The highest BCUT2D eigenvalue weighted by Gasteiger charge is 2.48. The van der Waals surface area contributed by atoms with Crippen LogP contribution in [0.2, 0.25) is 5.02 Å². The molecule has 246 valence electrons. The van der Waals surface area contributed by atoms with Crippen LogP contribution in [0.15, 0.2) is 60.8 Å². The predicted molar refractivity (Wildman–Crippen MR) is 179 cm³/mol. The molecule has 12 heteroatoms. The van der Waals surface area contributed by atoms with Crippen LogP contribution in [0.5, 0.6) is 0 Å². The van der Waals surface area contributed by atoms with Gasteiger partial charge in [-0.15, -0.1) is 0 Å². The third kappa shape index (κ3) is 7.20. The average molecular weight is 658 g/mol. The monoisotopic (exact) mass is 657 g/mol. The Morgan fingerprint density at radius 2 is 1.81 bits per heavy atom. The lowest BCUT2D eigenvalue weighted by Crippen LogP contribution is -2.56. The van der Waals surface area contributed by atoms with Gasteiger partial charge in [0.2, 0.25) is 17.7 Å². The van der Waals surface area contributed by atoms with Gasteiger partial charge in [0.1, 0.15) is 11.7 Å². The molecule has 2 saturated heterocycles. The van der Waals surface area contributed by atoms with Crippen molar-refractivity contribution in [3.8, 4) is 0 Å². The first-order valence-electron chi connectivity index (χ1n) is 16.1. The van der Waals surface area contributed by atoms with Crippen LogP contribution in [0.4, 0.5) is 0 Å². The van der Waals surface area contributed by atoms with Gasteiger partial charge in [-0.25, -0.2) is 0 Å². The number of rotatable bonds is 10. The van der Waals surface area contributed by atoms with E-state index < -0.39 is 12.0 Å². The Balaban J connectivity index is 1.20. The number of amides is 4. The number of carbonyl (C=O) groups is 4. The summed E-state index contributed by atoms with van der Waals surface area (Å²) >= 11 is 6.16. The smallest absolute Gasteiger partial charge is 0.274 e. The average Bonchev–Trinajstić information content (AvgIpc) is 3.81.